The molecule has 10 heteroatoms. The molecule has 0 atom stereocenters. The lowest BCUT2D eigenvalue weighted by Crippen LogP contribution is -2.23. The number of pyridine rings is 1. The highest BCUT2D eigenvalue weighted by Gasteiger charge is 2.21. The Balaban J connectivity index is 1.38. The van der Waals surface area contributed by atoms with E-state index in [-0.39, 0.29) is 17.9 Å². The first kappa shape index (κ1) is 32.6. The molecule has 4 aromatic carbocycles. The van der Waals surface area contributed by atoms with Crippen molar-refractivity contribution in [3.05, 3.63) is 102 Å². The molecule has 0 unspecified atom stereocenters. The van der Waals surface area contributed by atoms with E-state index in [1.54, 1.807) is 32.5 Å². The van der Waals surface area contributed by atoms with Gasteiger partial charge in [0.2, 0.25) is 5.91 Å². The van der Waals surface area contributed by atoms with E-state index >= 15 is 0 Å². The molecule has 0 saturated heterocycles. The van der Waals surface area contributed by atoms with Crippen LogP contribution in [0.3, 0.4) is 0 Å². The molecule has 242 valence electrons. The predicted octanol–water partition coefficient (Wildman–Crippen LogP) is 8.37. The third-order valence-electron chi connectivity index (χ3n) is 7.45. The second kappa shape index (κ2) is 14.1. The molecule has 0 aliphatic carbocycles. The molecule has 3 amide bonds. The summed E-state index contributed by atoms with van der Waals surface area (Å²) in [5, 5.41) is 13.7. The van der Waals surface area contributed by atoms with Crippen molar-refractivity contribution >= 4 is 45.6 Å². The first-order valence-corrected chi connectivity index (χ1v) is 15.1. The Kier molecular flexibility index (Phi) is 9.80. The molecule has 5 aromatic rings. The summed E-state index contributed by atoms with van der Waals surface area (Å²) < 4.78 is 17.3. The van der Waals surface area contributed by atoms with Crippen LogP contribution in [0.1, 0.15) is 38.8 Å². The lowest BCUT2D eigenvalue weighted by molar-refractivity contribution is -0.119. The monoisotopic (exact) mass is 633 g/mol. The molecular formula is C37H39N5O5. The van der Waals surface area contributed by atoms with E-state index in [1.165, 1.54) is 6.92 Å². The van der Waals surface area contributed by atoms with Gasteiger partial charge >= 0.3 is 6.03 Å². The Morgan fingerprint density at radius 3 is 2.28 bits per heavy atom. The van der Waals surface area contributed by atoms with Crippen molar-refractivity contribution < 1.29 is 23.8 Å². The normalized spacial score (nSPS) is 11.0. The number of anilines is 4. The number of nitrogens with one attached hydrogen (secondary N) is 4. The van der Waals surface area contributed by atoms with Crippen molar-refractivity contribution in [2.75, 3.05) is 30.2 Å². The number of amides is 3. The number of hydrogen-bond acceptors (Lipinski definition) is 7. The standard InChI is InChI=1S/C37H39N5O5/c1-23(43)39-22-24-18-25(37(2,3)4)19-32(35(24)46-6)42-36(44)41-31-14-15-33(30-13-8-7-12-29(30)31)47-28-16-17-38-34(21-28)40-26-10-9-11-27(20-26)45-5/h7-21H,22H2,1-6H3,(H,38,40)(H,39,43)(H2,41,42,44). The number of carbonyl (C=O) groups is 2. The maximum Gasteiger partial charge on any atom is 0.323 e. The van der Waals surface area contributed by atoms with Gasteiger partial charge in [0.25, 0.3) is 0 Å². The van der Waals surface area contributed by atoms with Crippen LogP contribution < -0.4 is 35.5 Å². The van der Waals surface area contributed by atoms with Crippen LogP contribution >= 0.6 is 0 Å². The second-order valence-electron chi connectivity index (χ2n) is 11.9. The fourth-order valence-corrected chi connectivity index (χ4v) is 5.07. The van der Waals surface area contributed by atoms with Crippen molar-refractivity contribution in [1.29, 1.82) is 0 Å². The summed E-state index contributed by atoms with van der Waals surface area (Å²) in [5.41, 5.74) is 3.47. The molecule has 0 radical (unpaired) electrons. The van der Waals surface area contributed by atoms with Gasteiger partial charge in [-0.15, -0.1) is 0 Å². The van der Waals surface area contributed by atoms with Gasteiger partial charge in [-0.3, -0.25) is 4.79 Å². The molecule has 5 rings (SSSR count). The number of ether oxygens (including phenoxy) is 3. The number of urea groups is 1. The van der Waals surface area contributed by atoms with E-state index in [4.69, 9.17) is 14.2 Å². The van der Waals surface area contributed by atoms with E-state index in [2.05, 4.69) is 47.0 Å². The summed E-state index contributed by atoms with van der Waals surface area (Å²) in [6.45, 7) is 7.98. The number of hydrogen-bond donors (Lipinski definition) is 4. The third-order valence-corrected chi connectivity index (χ3v) is 7.45. The van der Waals surface area contributed by atoms with Crippen molar-refractivity contribution in [2.24, 2.45) is 0 Å². The number of nitrogens with zero attached hydrogens (tertiary/aromatic N) is 1. The van der Waals surface area contributed by atoms with Gasteiger partial charge in [-0.1, -0.05) is 51.1 Å². The van der Waals surface area contributed by atoms with Crippen LogP contribution in [0.25, 0.3) is 10.8 Å². The maximum absolute atomic E-state index is 13.4. The van der Waals surface area contributed by atoms with Crippen LogP contribution in [0.2, 0.25) is 0 Å². The largest absolute Gasteiger partial charge is 0.497 e. The van der Waals surface area contributed by atoms with E-state index < -0.39 is 6.03 Å². The number of benzene rings is 4. The Labute approximate surface area is 274 Å². The van der Waals surface area contributed by atoms with E-state index in [0.29, 0.717) is 34.4 Å². The Morgan fingerprint density at radius 2 is 1.55 bits per heavy atom. The summed E-state index contributed by atoms with van der Waals surface area (Å²) in [5.74, 6) is 2.88. The lowest BCUT2D eigenvalue weighted by atomic mass is 9.85. The Morgan fingerprint density at radius 1 is 0.787 bits per heavy atom. The minimum absolute atomic E-state index is 0.158. The highest BCUT2D eigenvalue weighted by Crippen LogP contribution is 2.37. The molecule has 0 aliphatic heterocycles. The molecule has 47 heavy (non-hydrogen) atoms. The minimum Gasteiger partial charge on any atom is -0.497 e. The summed E-state index contributed by atoms with van der Waals surface area (Å²) >= 11 is 0. The molecule has 4 N–H and O–H groups in total. The van der Waals surface area contributed by atoms with E-state index in [0.717, 1.165) is 33.3 Å². The molecule has 0 bridgehead atoms. The summed E-state index contributed by atoms with van der Waals surface area (Å²) in [6.07, 6.45) is 1.67. The third kappa shape index (κ3) is 8.09. The number of fused-ring (bicyclic) bond motifs is 1. The van der Waals surface area contributed by atoms with E-state index in [9.17, 15) is 9.59 Å². The van der Waals surface area contributed by atoms with Crippen molar-refractivity contribution in [3.8, 4) is 23.0 Å². The van der Waals surface area contributed by atoms with Crippen LogP contribution in [0, 0.1) is 0 Å². The van der Waals surface area contributed by atoms with Gasteiger partial charge < -0.3 is 35.5 Å². The predicted molar refractivity (Wildman–Crippen MR) is 186 cm³/mol. The molecule has 0 saturated carbocycles. The molecule has 0 fully saturated rings. The SMILES string of the molecule is COc1cccc(Nc2cc(Oc3ccc(NC(=O)Nc4cc(C(C)(C)C)cc(CNC(C)=O)c4OC)c4ccccc34)ccn2)c1. The first-order valence-electron chi connectivity index (χ1n) is 15.1. The molecule has 10 nitrogen and oxygen atoms in total. The van der Waals surface area contributed by atoms with Crippen molar-refractivity contribution in [2.45, 2.75) is 39.7 Å². The highest BCUT2D eigenvalue weighted by molar-refractivity contribution is 6.08. The number of carbonyl (C=O) groups excluding carboxylic acids is 2. The fraction of sp³-hybridized carbons (Fsp3) is 0.216. The molecular weight excluding hydrogens is 594 g/mol. The van der Waals surface area contributed by atoms with Crippen molar-refractivity contribution in [1.82, 2.24) is 10.3 Å². The van der Waals surface area contributed by atoms with Crippen LogP contribution in [-0.4, -0.2) is 31.1 Å². The minimum atomic E-state index is -0.443. The lowest BCUT2D eigenvalue weighted by Gasteiger charge is -2.24. The van der Waals surface area contributed by atoms with Crippen LogP contribution in [0.15, 0.2) is 91.1 Å². The number of rotatable bonds is 10. The zero-order valence-electron chi connectivity index (χ0n) is 27.4. The van der Waals surface area contributed by atoms with Gasteiger partial charge in [0.15, 0.2) is 0 Å². The molecule has 1 heterocycles. The fourth-order valence-electron chi connectivity index (χ4n) is 5.07. The average Bonchev–Trinajstić information content (AvgIpc) is 3.04. The second-order valence-corrected chi connectivity index (χ2v) is 11.9. The van der Waals surface area contributed by atoms with Gasteiger partial charge in [0, 0.05) is 53.8 Å². The highest BCUT2D eigenvalue weighted by atomic mass is 16.5. The average molecular weight is 634 g/mol. The van der Waals surface area contributed by atoms with Gasteiger partial charge in [-0.25, -0.2) is 9.78 Å². The van der Waals surface area contributed by atoms with Gasteiger partial charge in [-0.05, 0) is 53.4 Å². The Bertz CT molecular complexity index is 1920. The van der Waals surface area contributed by atoms with Gasteiger partial charge in [0.1, 0.15) is 28.8 Å². The maximum atomic E-state index is 13.4. The van der Waals surface area contributed by atoms with E-state index in [1.807, 2.05) is 72.8 Å². The molecule has 1 aromatic heterocycles. The zero-order valence-corrected chi connectivity index (χ0v) is 27.4. The number of methoxy groups -OCH3 is 2. The van der Waals surface area contributed by atoms with Gasteiger partial charge in [0.05, 0.1) is 25.6 Å². The summed E-state index contributed by atoms with van der Waals surface area (Å²) in [4.78, 5) is 29.5. The zero-order chi connectivity index (χ0) is 33.6. The molecule has 0 aliphatic rings. The van der Waals surface area contributed by atoms with Crippen LogP contribution in [-0.2, 0) is 16.8 Å². The molecule has 0 spiro atoms. The van der Waals surface area contributed by atoms with Crippen LogP contribution in [0.4, 0.5) is 27.7 Å². The smallest absolute Gasteiger partial charge is 0.323 e. The number of aromatic nitrogens is 1. The topological polar surface area (TPSA) is 123 Å². The Hall–Kier alpha value is -5.77. The quantitative estimate of drug-likeness (QED) is 0.122. The first-order chi connectivity index (χ1) is 22.5. The van der Waals surface area contributed by atoms with Crippen molar-refractivity contribution in [3.63, 3.8) is 0 Å². The summed E-state index contributed by atoms with van der Waals surface area (Å²) in [7, 11) is 3.17. The van der Waals surface area contributed by atoms with Gasteiger partial charge in [-0.2, -0.15) is 0 Å². The summed E-state index contributed by atoms with van der Waals surface area (Å²) in [6, 6.07) is 25.9. The van der Waals surface area contributed by atoms with Crippen LogP contribution in [0.5, 0.6) is 23.0 Å².